The van der Waals surface area contributed by atoms with Gasteiger partial charge < -0.3 is 0 Å². The molecule has 23 heavy (non-hydrogen) atoms. The van der Waals surface area contributed by atoms with E-state index in [-0.39, 0.29) is 5.41 Å². The molecular weight excluding hydrogens is 315 g/mol. The molecule has 0 saturated heterocycles. The Morgan fingerprint density at radius 2 is 0.957 bits per heavy atom. The summed E-state index contributed by atoms with van der Waals surface area (Å²) in [6, 6.07) is 32.4. The summed E-state index contributed by atoms with van der Waals surface area (Å²) in [5.41, 5.74) is 3.85. The maximum Gasteiger partial charge on any atom is 0.0457 e. The molecule has 0 radical (unpaired) electrons. The van der Waals surface area contributed by atoms with E-state index in [0.29, 0.717) is 0 Å². The molecule has 0 heterocycles. The Balaban J connectivity index is 2.27. The number of benzene rings is 3. The third-order valence-corrected chi connectivity index (χ3v) is 5.33. The predicted octanol–water partition coefficient (Wildman–Crippen LogP) is 5.82. The van der Waals surface area contributed by atoms with Crippen LogP contribution < -0.4 is 0 Å². The molecule has 0 aliphatic heterocycles. The standard InChI is InChI=1S/C21H19PS/c23-22-17-16-21(18-10-4-1-5-11-18,19-12-6-2-7-13-19)20-14-8-3-9-15-20/h1-15H,16-17H2. The van der Waals surface area contributed by atoms with Crippen LogP contribution in [0.5, 0.6) is 0 Å². The molecule has 0 fully saturated rings. The number of rotatable bonds is 6. The van der Waals surface area contributed by atoms with Crippen molar-refractivity contribution in [2.24, 2.45) is 0 Å². The third-order valence-electron chi connectivity index (χ3n) is 4.38. The molecule has 0 amide bonds. The second-order valence-electron chi connectivity index (χ2n) is 5.61. The molecule has 0 nitrogen and oxygen atoms in total. The lowest BCUT2D eigenvalue weighted by Crippen LogP contribution is -2.30. The molecular formula is C21H19PS. The SMILES string of the molecule is S=PCCC(c1ccccc1)(c1ccccc1)c1ccccc1. The molecule has 3 rings (SSSR count). The lowest BCUT2D eigenvalue weighted by Gasteiger charge is -2.35. The van der Waals surface area contributed by atoms with Gasteiger partial charge in [0.15, 0.2) is 0 Å². The van der Waals surface area contributed by atoms with Crippen molar-refractivity contribution in [3.05, 3.63) is 108 Å². The normalized spacial score (nSPS) is 11.5. The fourth-order valence-corrected chi connectivity index (χ4v) is 4.01. The summed E-state index contributed by atoms with van der Waals surface area (Å²) >= 11 is 5.24. The van der Waals surface area contributed by atoms with E-state index in [2.05, 4.69) is 91.0 Å². The molecule has 0 aliphatic rings. The van der Waals surface area contributed by atoms with E-state index in [1.807, 2.05) is 0 Å². The lowest BCUT2D eigenvalue weighted by molar-refractivity contribution is 0.599. The Morgan fingerprint density at radius 3 is 1.26 bits per heavy atom. The molecule has 0 aliphatic carbocycles. The quantitative estimate of drug-likeness (QED) is 0.404. The predicted molar refractivity (Wildman–Crippen MR) is 103 cm³/mol. The summed E-state index contributed by atoms with van der Waals surface area (Å²) < 4.78 is 0. The van der Waals surface area contributed by atoms with Crippen molar-refractivity contribution < 1.29 is 0 Å². The highest BCUT2D eigenvalue weighted by molar-refractivity contribution is 7.96. The van der Waals surface area contributed by atoms with E-state index < -0.39 is 0 Å². The highest BCUT2D eigenvalue weighted by Gasteiger charge is 2.35. The van der Waals surface area contributed by atoms with E-state index >= 15 is 0 Å². The second-order valence-corrected chi connectivity index (χ2v) is 7.09. The van der Waals surface area contributed by atoms with Crippen molar-refractivity contribution in [3.8, 4) is 0 Å². The van der Waals surface area contributed by atoms with Crippen LogP contribution in [0.2, 0.25) is 0 Å². The van der Waals surface area contributed by atoms with Crippen molar-refractivity contribution in [3.63, 3.8) is 0 Å². The molecule has 0 aromatic heterocycles. The topological polar surface area (TPSA) is 0 Å². The van der Waals surface area contributed by atoms with Gasteiger partial charge in [-0.05, 0) is 30.5 Å². The maximum absolute atomic E-state index is 5.24. The van der Waals surface area contributed by atoms with Gasteiger partial charge in [-0.15, -0.1) is 0 Å². The van der Waals surface area contributed by atoms with Crippen LogP contribution in [0.25, 0.3) is 0 Å². The van der Waals surface area contributed by atoms with Crippen LogP contribution in [0.1, 0.15) is 23.1 Å². The van der Waals surface area contributed by atoms with Gasteiger partial charge in [0.25, 0.3) is 0 Å². The highest BCUT2D eigenvalue weighted by Crippen LogP contribution is 2.42. The van der Waals surface area contributed by atoms with Crippen molar-refractivity contribution >= 4 is 19.2 Å². The fraction of sp³-hybridized carbons (Fsp3) is 0.143. The maximum atomic E-state index is 5.24. The zero-order valence-corrected chi connectivity index (χ0v) is 14.6. The minimum absolute atomic E-state index is 0.143. The summed E-state index contributed by atoms with van der Waals surface area (Å²) in [7, 11) is 1.02. The summed E-state index contributed by atoms with van der Waals surface area (Å²) in [6.07, 6.45) is 2.00. The summed E-state index contributed by atoms with van der Waals surface area (Å²) in [6.45, 7) is 0. The van der Waals surface area contributed by atoms with Crippen LogP contribution in [0.15, 0.2) is 91.0 Å². The highest BCUT2D eigenvalue weighted by atomic mass is 32.4. The summed E-state index contributed by atoms with van der Waals surface area (Å²) in [4.78, 5) is 0. The zero-order valence-electron chi connectivity index (χ0n) is 12.9. The Morgan fingerprint density at radius 1 is 0.609 bits per heavy atom. The monoisotopic (exact) mass is 334 g/mol. The van der Waals surface area contributed by atoms with E-state index in [9.17, 15) is 0 Å². The van der Waals surface area contributed by atoms with Crippen molar-refractivity contribution in [2.75, 3.05) is 6.16 Å². The molecule has 114 valence electrons. The Kier molecular flexibility index (Phi) is 5.33. The van der Waals surface area contributed by atoms with Crippen LogP contribution in [0.3, 0.4) is 0 Å². The smallest absolute Gasteiger partial charge is 0.0457 e. The van der Waals surface area contributed by atoms with Gasteiger partial charge in [0.1, 0.15) is 0 Å². The molecule has 0 unspecified atom stereocenters. The number of hydrogen-bond donors (Lipinski definition) is 0. The van der Waals surface area contributed by atoms with Gasteiger partial charge >= 0.3 is 0 Å². The van der Waals surface area contributed by atoms with Gasteiger partial charge in [-0.2, -0.15) is 0 Å². The first-order valence-corrected chi connectivity index (χ1v) is 9.93. The van der Waals surface area contributed by atoms with E-state index in [1.54, 1.807) is 0 Å². The molecule has 0 saturated carbocycles. The minimum atomic E-state index is -0.143. The van der Waals surface area contributed by atoms with E-state index in [1.165, 1.54) is 16.7 Å². The van der Waals surface area contributed by atoms with Gasteiger partial charge in [0, 0.05) is 11.6 Å². The summed E-state index contributed by atoms with van der Waals surface area (Å²) in [5.74, 6) is 0. The first-order valence-electron chi connectivity index (χ1n) is 7.83. The molecule has 3 aromatic rings. The van der Waals surface area contributed by atoms with Crippen LogP contribution in [0.4, 0.5) is 0 Å². The van der Waals surface area contributed by atoms with Gasteiger partial charge in [0.05, 0.1) is 0 Å². The first-order chi connectivity index (χ1) is 11.4. The molecule has 2 heteroatoms. The van der Waals surface area contributed by atoms with E-state index in [0.717, 1.165) is 19.9 Å². The molecule has 0 spiro atoms. The van der Waals surface area contributed by atoms with Gasteiger partial charge in [0.2, 0.25) is 0 Å². The van der Waals surface area contributed by atoms with Crippen LogP contribution >= 0.6 is 7.36 Å². The van der Waals surface area contributed by atoms with Crippen LogP contribution in [-0.4, -0.2) is 6.16 Å². The largest absolute Gasteiger partial charge is 0.0622 e. The fourth-order valence-electron chi connectivity index (χ4n) is 3.31. The van der Waals surface area contributed by atoms with Gasteiger partial charge in [-0.1, -0.05) is 103 Å². The molecule has 0 atom stereocenters. The van der Waals surface area contributed by atoms with Gasteiger partial charge in [-0.3, -0.25) is 0 Å². The lowest BCUT2D eigenvalue weighted by atomic mass is 9.68. The van der Waals surface area contributed by atoms with Crippen molar-refractivity contribution in [2.45, 2.75) is 11.8 Å². The molecule has 3 aromatic carbocycles. The molecule has 0 N–H and O–H groups in total. The van der Waals surface area contributed by atoms with Gasteiger partial charge in [-0.25, -0.2) is 0 Å². The van der Waals surface area contributed by atoms with Crippen molar-refractivity contribution in [1.82, 2.24) is 0 Å². The minimum Gasteiger partial charge on any atom is -0.0622 e. The Hall–Kier alpha value is -1.82. The Bertz CT molecular complexity index is 642. The number of hydrogen-bond acceptors (Lipinski definition) is 1. The molecule has 0 bridgehead atoms. The van der Waals surface area contributed by atoms with Crippen molar-refractivity contribution in [1.29, 1.82) is 0 Å². The zero-order chi connectivity index (χ0) is 16.0. The second kappa shape index (κ2) is 7.64. The summed E-state index contributed by atoms with van der Waals surface area (Å²) in [5, 5.41) is 0. The van der Waals surface area contributed by atoms with Crippen LogP contribution in [-0.2, 0) is 17.2 Å². The van der Waals surface area contributed by atoms with E-state index in [4.69, 9.17) is 11.8 Å². The average Bonchev–Trinajstić information content (AvgIpc) is 2.65. The third kappa shape index (κ3) is 3.27. The van der Waals surface area contributed by atoms with Crippen LogP contribution in [0, 0.1) is 0 Å². The average molecular weight is 334 g/mol. The Labute approximate surface area is 145 Å². The first kappa shape index (κ1) is 16.1.